The molecule has 116 valence electrons. The molecule has 0 fully saturated rings. The Labute approximate surface area is 123 Å². The molecule has 3 N–H and O–H groups in total. The van der Waals surface area contributed by atoms with E-state index in [0.29, 0.717) is 5.75 Å². The first-order chi connectivity index (χ1) is 9.82. The number of aliphatic hydroxyl groups is 1. The molecule has 0 saturated carbocycles. The molecule has 1 atom stereocenters. The summed E-state index contributed by atoms with van der Waals surface area (Å²) in [6.45, 7) is 3.07. The van der Waals surface area contributed by atoms with Crippen molar-refractivity contribution < 1.29 is 24.5 Å². The number of carbonyl (C=O) groups excluding carboxylic acids is 1. The molecule has 0 spiro atoms. The van der Waals surface area contributed by atoms with E-state index in [0.717, 1.165) is 6.42 Å². The molecule has 1 aromatic carbocycles. The monoisotopic (exact) mass is 295 g/mol. The van der Waals surface area contributed by atoms with Crippen LogP contribution in [-0.2, 0) is 16.0 Å². The number of benzene rings is 1. The summed E-state index contributed by atoms with van der Waals surface area (Å²) in [5, 5.41) is 20.8. The molecule has 0 aliphatic rings. The van der Waals surface area contributed by atoms with Gasteiger partial charge in [0.05, 0.1) is 12.0 Å². The largest absolute Gasteiger partial charge is 0.484 e. The molecule has 1 rings (SSSR count). The summed E-state index contributed by atoms with van der Waals surface area (Å²) >= 11 is 0. The lowest BCUT2D eigenvalue weighted by atomic mass is 10.0. The number of carboxylic acid groups (broad SMARTS) is 1. The van der Waals surface area contributed by atoms with Crippen LogP contribution in [0.5, 0.6) is 5.75 Å². The minimum Gasteiger partial charge on any atom is -0.484 e. The zero-order valence-corrected chi connectivity index (χ0v) is 12.3. The van der Waals surface area contributed by atoms with Gasteiger partial charge >= 0.3 is 5.97 Å². The molecule has 6 heteroatoms. The van der Waals surface area contributed by atoms with Crippen molar-refractivity contribution in [2.24, 2.45) is 0 Å². The van der Waals surface area contributed by atoms with Crippen LogP contribution in [0.2, 0.25) is 0 Å². The van der Waals surface area contributed by atoms with Gasteiger partial charge in [0.25, 0.3) is 5.91 Å². The van der Waals surface area contributed by atoms with Crippen molar-refractivity contribution >= 4 is 11.9 Å². The molecule has 0 bridgehead atoms. The van der Waals surface area contributed by atoms with Gasteiger partial charge in [-0.2, -0.15) is 0 Å². The van der Waals surface area contributed by atoms with E-state index in [4.69, 9.17) is 9.84 Å². The molecular weight excluding hydrogens is 274 g/mol. The van der Waals surface area contributed by atoms with Crippen LogP contribution in [-0.4, -0.2) is 40.8 Å². The fourth-order valence-electron chi connectivity index (χ4n) is 1.70. The van der Waals surface area contributed by atoms with Gasteiger partial charge in [0, 0.05) is 6.54 Å². The van der Waals surface area contributed by atoms with Crippen LogP contribution in [0.4, 0.5) is 0 Å². The first kappa shape index (κ1) is 17.0. The van der Waals surface area contributed by atoms with Gasteiger partial charge in [-0.15, -0.1) is 0 Å². The molecule has 0 heterocycles. The second-order valence-electron chi connectivity index (χ2n) is 5.13. The maximum atomic E-state index is 11.6. The summed E-state index contributed by atoms with van der Waals surface area (Å²) in [6.07, 6.45) is 0.492. The predicted octanol–water partition coefficient (Wildman–Crippen LogP) is 0.970. The van der Waals surface area contributed by atoms with Gasteiger partial charge in [0.15, 0.2) is 6.61 Å². The summed E-state index contributed by atoms with van der Waals surface area (Å²) in [7, 11) is 0. The van der Waals surface area contributed by atoms with Crippen molar-refractivity contribution in [3.05, 3.63) is 29.8 Å². The van der Waals surface area contributed by atoms with Crippen molar-refractivity contribution in [3.63, 3.8) is 0 Å². The summed E-state index contributed by atoms with van der Waals surface area (Å²) in [5.41, 5.74) is -0.305. The lowest BCUT2D eigenvalue weighted by Crippen LogP contribution is -2.43. The standard InChI is InChI=1S/C15H21NO5/c1-3-11-4-6-12(7-5-11)21-9-13(17)16-10-15(2,20)8-14(18)19/h4-7,20H,3,8-10H2,1-2H3,(H,16,17)(H,18,19). The second-order valence-corrected chi connectivity index (χ2v) is 5.13. The topological polar surface area (TPSA) is 95.9 Å². The van der Waals surface area contributed by atoms with Crippen molar-refractivity contribution in [2.75, 3.05) is 13.2 Å². The third-order valence-corrected chi connectivity index (χ3v) is 2.90. The lowest BCUT2D eigenvalue weighted by molar-refractivity contribution is -0.142. The number of aryl methyl sites for hydroxylation is 1. The van der Waals surface area contributed by atoms with E-state index < -0.39 is 23.9 Å². The van der Waals surface area contributed by atoms with Crippen LogP contribution in [0.15, 0.2) is 24.3 Å². The van der Waals surface area contributed by atoms with E-state index in [1.54, 1.807) is 12.1 Å². The quantitative estimate of drug-likeness (QED) is 0.664. The number of amides is 1. The minimum atomic E-state index is -1.48. The maximum Gasteiger partial charge on any atom is 0.306 e. The van der Waals surface area contributed by atoms with Gasteiger partial charge in [-0.05, 0) is 31.0 Å². The molecule has 0 aromatic heterocycles. The highest BCUT2D eigenvalue weighted by atomic mass is 16.5. The van der Waals surface area contributed by atoms with Crippen LogP contribution in [0, 0.1) is 0 Å². The molecule has 0 radical (unpaired) electrons. The Morgan fingerprint density at radius 1 is 1.29 bits per heavy atom. The predicted molar refractivity (Wildman–Crippen MR) is 77.2 cm³/mol. The van der Waals surface area contributed by atoms with Gasteiger partial charge in [0.1, 0.15) is 5.75 Å². The van der Waals surface area contributed by atoms with Crippen molar-refractivity contribution in [2.45, 2.75) is 32.3 Å². The Kier molecular flexibility index (Phi) is 6.17. The smallest absolute Gasteiger partial charge is 0.306 e. The molecular formula is C15H21NO5. The van der Waals surface area contributed by atoms with Crippen LogP contribution >= 0.6 is 0 Å². The van der Waals surface area contributed by atoms with E-state index in [9.17, 15) is 14.7 Å². The van der Waals surface area contributed by atoms with Gasteiger partial charge < -0.3 is 20.3 Å². The number of ether oxygens (including phenoxy) is 1. The SMILES string of the molecule is CCc1ccc(OCC(=O)NCC(C)(O)CC(=O)O)cc1. The fourth-order valence-corrected chi connectivity index (χ4v) is 1.70. The summed E-state index contributed by atoms with van der Waals surface area (Å²) < 4.78 is 5.30. The number of rotatable bonds is 8. The van der Waals surface area contributed by atoms with E-state index in [2.05, 4.69) is 5.32 Å². The van der Waals surface area contributed by atoms with Crippen LogP contribution in [0.1, 0.15) is 25.8 Å². The Morgan fingerprint density at radius 3 is 2.43 bits per heavy atom. The van der Waals surface area contributed by atoms with E-state index >= 15 is 0 Å². The fraction of sp³-hybridized carbons (Fsp3) is 0.467. The molecule has 21 heavy (non-hydrogen) atoms. The van der Waals surface area contributed by atoms with Crippen LogP contribution in [0.3, 0.4) is 0 Å². The maximum absolute atomic E-state index is 11.6. The minimum absolute atomic E-state index is 0.143. The van der Waals surface area contributed by atoms with Gasteiger partial charge in [-0.1, -0.05) is 19.1 Å². The van der Waals surface area contributed by atoms with Crippen molar-refractivity contribution in [1.82, 2.24) is 5.32 Å². The molecule has 1 unspecified atom stereocenters. The number of aliphatic carboxylic acids is 1. The first-order valence-corrected chi connectivity index (χ1v) is 6.75. The molecule has 0 aliphatic carbocycles. The lowest BCUT2D eigenvalue weighted by Gasteiger charge is -2.21. The summed E-state index contributed by atoms with van der Waals surface area (Å²) in [5.74, 6) is -0.957. The first-order valence-electron chi connectivity index (χ1n) is 6.75. The summed E-state index contributed by atoms with van der Waals surface area (Å²) in [6, 6.07) is 7.41. The molecule has 1 aromatic rings. The van der Waals surface area contributed by atoms with Crippen molar-refractivity contribution in [1.29, 1.82) is 0 Å². The third-order valence-electron chi connectivity index (χ3n) is 2.90. The highest BCUT2D eigenvalue weighted by molar-refractivity contribution is 5.77. The van der Waals surface area contributed by atoms with Gasteiger partial charge in [0.2, 0.25) is 0 Å². The summed E-state index contributed by atoms with van der Waals surface area (Å²) in [4.78, 5) is 22.1. The molecule has 6 nitrogen and oxygen atoms in total. The number of hydrogen-bond acceptors (Lipinski definition) is 4. The molecule has 0 aliphatic heterocycles. The van der Waals surface area contributed by atoms with E-state index in [1.807, 2.05) is 19.1 Å². The zero-order chi connectivity index (χ0) is 15.9. The van der Waals surface area contributed by atoms with Crippen LogP contribution in [0.25, 0.3) is 0 Å². The van der Waals surface area contributed by atoms with Gasteiger partial charge in [-0.25, -0.2) is 0 Å². The second kappa shape index (κ2) is 7.64. The number of carbonyl (C=O) groups is 2. The average molecular weight is 295 g/mol. The number of hydrogen-bond donors (Lipinski definition) is 3. The zero-order valence-electron chi connectivity index (χ0n) is 12.3. The van der Waals surface area contributed by atoms with Gasteiger partial charge in [-0.3, -0.25) is 9.59 Å². The number of carboxylic acids is 1. The highest BCUT2D eigenvalue weighted by Crippen LogP contribution is 2.12. The van der Waals surface area contributed by atoms with E-state index in [1.165, 1.54) is 12.5 Å². The number of nitrogens with one attached hydrogen (secondary N) is 1. The van der Waals surface area contributed by atoms with Crippen molar-refractivity contribution in [3.8, 4) is 5.75 Å². The van der Waals surface area contributed by atoms with Crippen LogP contribution < -0.4 is 10.1 Å². The molecule has 0 saturated heterocycles. The molecule has 1 amide bonds. The third kappa shape index (κ3) is 6.76. The average Bonchev–Trinajstić information content (AvgIpc) is 2.42. The Balaban J connectivity index is 2.35. The van der Waals surface area contributed by atoms with E-state index in [-0.39, 0.29) is 13.2 Å². The Morgan fingerprint density at radius 2 is 1.90 bits per heavy atom. The Bertz CT molecular complexity index is 481. The Hall–Kier alpha value is -2.08. The normalized spacial score (nSPS) is 13.3. The highest BCUT2D eigenvalue weighted by Gasteiger charge is 2.24.